The minimum atomic E-state index is -1.38. The summed E-state index contributed by atoms with van der Waals surface area (Å²) in [5, 5.41) is 3.37. The van der Waals surface area contributed by atoms with Gasteiger partial charge in [0.1, 0.15) is 17.8 Å². The molecule has 1 aromatic carbocycles. The molecule has 8 nitrogen and oxygen atoms in total. The number of nitrogens with one attached hydrogen (secondary N) is 1. The molecule has 0 aliphatic carbocycles. The van der Waals surface area contributed by atoms with Crippen LogP contribution in [0.3, 0.4) is 0 Å². The summed E-state index contributed by atoms with van der Waals surface area (Å²) in [6.07, 6.45) is 0.574. The number of carbonyl (C=O) groups excluding carboxylic acids is 1. The molecule has 2 saturated heterocycles. The first-order valence-corrected chi connectivity index (χ1v) is 14.9. The molecule has 40 heavy (non-hydrogen) atoms. The summed E-state index contributed by atoms with van der Waals surface area (Å²) >= 11 is 0. The Morgan fingerprint density at radius 1 is 1.02 bits per heavy atom. The van der Waals surface area contributed by atoms with Crippen LogP contribution in [0.5, 0.6) is 0 Å². The Morgan fingerprint density at radius 2 is 1.70 bits per heavy atom. The van der Waals surface area contributed by atoms with E-state index in [1.165, 1.54) is 23.3 Å². The predicted molar refractivity (Wildman–Crippen MR) is 155 cm³/mol. The molecule has 1 unspecified atom stereocenters. The van der Waals surface area contributed by atoms with Crippen molar-refractivity contribution in [3.8, 4) is 0 Å². The summed E-state index contributed by atoms with van der Waals surface area (Å²) in [7, 11) is 0.357. The molecule has 0 bridgehead atoms. The maximum absolute atomic E-state index is 13.8. The zero-order valence-corrected chi connectivity index (χ0v) is 24.4. The van der Waals surface area contributed by atoms with Crippen molar-refractivity contribution in [3.63, 3.8) is 0 Å². The number of aryl methyl sites for hydroxylation is 2. The predicted octanol–water partition coefficient (Wildman–Crippen LogP) is 4.07. The van der Waals surface area contributed by atoms with Crippen LogP contribution in [0.2, 0.25) is 0 Å². The Bertz CT molecular complexity index is 1420. The molecule has 0 spiro atoms. The number of carbonyl (C=O) groups is 1. The Kier molecular flexibility index (Phi) is 9.12. The van der Waals surface area contributed by atoms with Gasteiger partial charge in [-0.3, -0.25) is 13.6 Å². The van der Waals surface area contributed by atoms with Crippen LogP contribution in [0.4, 0.5) is 25.1 Å². The van der Waals surface area contributed by atoms with Crippen molar-refractivity contribution >= 4 is 28.3 Å². The largest absolute Gasteiger partial charge is 0.378 e. The highest BCUT2D eigenvalue weighted by Gasteiger charge is 2.34. The first-order chi connectivity index (χ1) is 18.9. The number of alkyl halides is 1. The van der Waals surface area contributed by atoms with Gasteiger partial charge in [0.2, 0.25) is 0 Å². The highest BCUT2D eigenvalue weighted by atomic mass is 32.2. The van der Waals surface area contributed by atoms with Crippen molar-refractivity contribution in [1.82, 2.24) is 14.4 Å². The monoisotopic (exact) mass is 573 g/mol. The van der Waals surface area contributed by atoms with E-state index in [0.29, 0.717) is 48.1 Å². The molecule has 11 heteroatoms. The molecule has 2 aromatic rings. The Balaban J connectivity index is 1.66. The number of nitrogens with zero attached hydrogens (tertiary/aromatic N) is 4. The number of halogens is 2. The second kappa shape index (κ2) is 12.4. The summed E-state index contributed by atoms with van der Waals surface area (Å²) in [4.78, 5) is 31.6. The molecule has 0 radical (unpaired) electrons. The highest BCUT2D eigenvalue weighted by molar-refractivity contribution is 7.84. The van der Waals surface area contributed by atoms with Gasteiger partial charge in [-0.15, -0.1) is 0 Å². The highest BCUT2D eigenvalue weighted by Crippen LogP contribution is 2.26. The lowest BCUT2D eigenvalue weighted by Gasteiger charge is -2.42. The summed E-state index contributed by atoms with van der Waals surface area (Å²) in [6, 6.07) is 11.5. The van der Waals surface area contributed by atoms with E-state index in [0.717, 1.165) is 11.1 Å². The Hall–Kier alpha value is -3.47. The van der Waals surface area contributed by atoms with Crippen molar-refractivity contribution in [1.29, 1.82) is 0 Å². The van der Waals surface area contributed by atoms with Gasteiger partial charge in [0.25, 0.3) is 5.56 Å². The normalized spacial score (nSPS) is 17.1. The van der Waals surface area contributed by atoms with Gasteiger partial charge in [-0.1, -0.05) is 23.8 Å². The number of urea groups is 1. The van der Waals surface area contributed by atoms with Gasteiger partial charge in [-0.05, 0) is 50.6 Å². The zero-order valence-electron chi connectivity index (χ0n) is 23.6. The van der Waals surface area contributed by atoms with Crippen LogP contribution in [0.25, 0.3) is 0 Å². The fourth-order valence-electron chi connectivity index (χ4n) is 5.07. The summed E-state index contributed by atoms with van der Waals surface area (Å²) in [5.41, 5.74) is 2.84. The SMILES string of the molecule is Cc1cc([C@@H](C)Nc2ccc(F)cc2S(C)=O)ccc(N2CCN(C(=O)N3CC(F)C3)CC2)n(C)c(=O)c(C)c1. The lowest BCUT2D eigenvalue weighted by molar-refractivity contribution is 0.0668. The van der Waals surface area contributed by atoms with Crippen molar-refractivity contribution in [2.45, 2.75) is 37.9 Å². The van der Waals surface area contributed by atoms with Gasteiger partial charge in [0, 0.05) is 51.1 Å². The van der Waals surface area contributed by atoms with Gasteiger partial charge in [0.05, 0.1) is 34.5 Å². The standard InChI is InChI=1S/C29H37F2N5O3S/c1-19-14-20(2)28(37)33(4)27(34-10-12-35(13-11-34)29(38)36-17-24(31)18-36)9-6-22(15-19)21(3)32-25-8-7-23(30)16-26(25)40(5)39/h6-9,14-16,21,24,32H,10-13,17-18H2,1-5H3/t21-,40?/m1/s1. The number of anilines is 2. The van der Waals surface area contributed by atoms with Crippen LogP contribution in [0.1, 0.15) is 29.7 Å². The van der Waals surface area contributed by atoms with Gasteiger partial charge >= 0.3 is 6.03 Å². The average molecular weight is 574 g/mol. The second-order valence-electron chi connectivity index (χ2n) is 10.5. The van der Waals surface area contributed by atoms with E-state index in [-0.39, 0.29) is 30.7 Å². The number of hydrogen-bond acceptors (Lipinski definition) is 5. The van der Waals surface area contributed by atoms with E-state index in [1.807, 2.05) is 38.1 Å². The lowest BCUT2D eigenvalue weighted by atomic mass is 10.1. The third-order valence-corrected chi connectivity index (χ3v) is 8.31. The van der Waals surface area contributed by atoms with Crippen LogP contribution in [-0.2, 0) is 17.8 Å². The first-order valence-electron chi connectivity index (χ1n) is 13.3. The fraction of sp³-hybridized carbons (Fsp3) is 0.448. The third kappa shape index (κ3) is 6.63. The number of hydrogen-bond donors (Lipinski definition) is 1. The number of benzene rings is 1. The molecule has 1 aromatic heterocycles. The minimum absolute atomic E-state index is 0.128. The zero-order chi connectivity index (χ0) is 29.1. The van der Waals surface area contributed by atoms with Crippen LogP contribution >= 0.6 is 0 Å². The van der Waals surface area contributed by atoms with E-state index in [1.54, 1.807) is 29.5 Å². The molecule has 2 aliphatic heterocycles. The van der Waals surface area contributed by atoms with Crippen molar-refractivity contribution in [2.75, 3.05) is 55.7 Å². The summed E-state index contributed by atoms with van der Waals surface area (Å²) < 4.78 is 40.9. The van der Waals surface area contributed by atoms with Crippen molar-refractivity contribution < 1.29 is 17.8 Å². The summed E-state index contributed by atoms with van der Waals surface area (Å²) in [6.45, 7) is 7.95. The van der Waals surface area contributed by atoms with Crippen LogP contribution in [-0.4, -0.2) is 76.3 Å². The molecule has 0 saturated carbocycles. The number of piperazine rings is 1. The van der Waals surface area contributed by atoms with Crippen molar-refractivity contribution in [2.24, 2.45) is 7.05 Å². The Morgan fingerprint density at radius 3 is 2.33 bits per heavy atom. The van der Waals surface area contributed by atoms with Crippen molar-refractivity contribution in [3.05, 3.63) is 75.3 Å². The molecule has 3 heterocycles. The van der Waals surface area contributed by atoms with Gasteiger partial charge < -0.3 is 20.0 Å². The molecule has 2 amide bonds. The number of rotatable bonds is 5. The molecule has 1 N–H and O–H groups in total. The average Bonchev–Trinajstić information content (AvgIpc) is 2.90. The van der Waals surface area contributed by atoms with Crippen LogP contribution in [0, 0.1) is 19.7 Å². The molecule has 4 rings (SSSR count). The van der Waals surface area contributed by atoms with Gasteiger partial charge in [0.15, 0.2) is 0 Å². The molecule has 2 fully saturated rings. The third-order valence-electron chi connectivity index (χ3n) is 7.36. The molecular formula is C29H37F2N5O3S. The first kappa shape index (κ1) is 29.5. The number of likely N-dealkylation sites (tertiary alicyclic amines) is 1. The van der Waals surface area contributed by atoms with Gasteiger partial charge in [-0.2, -0.15) is 0 Å². The van der Waals surface area contributed by atoms with Gasteiger partial charge in [-0.25, -0.2) is 13.6 Å². The Labute approximate surface area is 236 Å². The van der Waals surface area contributed by atoms with E-state index in [4.69, 9.17) is 0 Å². The summed E-state index contributed by atoms with van der Waals surface area (Å²) in [5.74, 6) is 0.253. The quantitative estimate of drug-likeness (QED) is 0.584. The van der Waals surface area contributed by atoms with E-state index >= 15 is 0 Å². The maximum Gasteiger partial charge on any atom is 0.320 e. The van der Waals surface area contributed by atoms with E-state index in [9.17, 15) is 22.6 Å². The van der Waals surface area contributed by atoms with E-state index < -0.39 is 22.8 Å². The maximum atomic E-state index is 13.8. The molecule has 2 aliphatic rings. The molecule has 216 valence electrons. The van der Waals surface area contributed by atoms with Crippen LogP contribution < -0.4 is 15.8 Å². The smallest absolute Gasteiger partial charge is 0.320 e. The number of aromatic nitrogens is 1. The minimum Gasteiger partial charge on any atom is -0.378 e. The molecular weight excluding hydrogens is 536 g/mol. The lowest BCUT2D eigenvalue weighted by Crippen LogP contribution is -2.59. The fourth-order valence-corrected chi connectivity index (χ4v) is 5.79. The van der Waals surface area contributed by atoms with E-state index in [2.05, 4.69) is 10.2 Å². The second-order valence-corrected chi connectivity index (χ2v) is 11.8. The van der Waals surface area contributed by atoms with Crippen LogP contribution in [0.15, 0.2) is 52.2 Å². The topological polar surface area (TPSA) is 77.9 Å². The molecule has 2 atom stereocenters. The number of amides is 2.